The van der Waals surface area contributed by atoms with Gasteiger partial charge >= 0.3 is 5.97 Å². The maximum Gasteiger partial charge on any atom is 0.316 e. The molecule has 7 atom stereocenters. The van der Waals surface area contributed by atoms with Crippen LogP contribution in [0.1, 0.15) is 18.4 Å². The number of hydrogen-bond acceptors (Lipinski definition) is 5. The number of carbonyl (C=O) groups excluding carboxylic acids is 4. The van der Waals surface area contributed by atoms with Gasteiger partial charge in [0.15, 0.2) is 0 Å². The molecule has 2 bridgehead atoms. The van der Waals surface area contributed by atoms with E-state index in [1.165, 1.54) is 4.90 Å². The molecule has 7 heteroatoms. The van der Waals surface area contributed by atoms with Gasteiger partial charge in [0, 0.05) is 18.7 Å². The molecule has 2 saturated carbocycles. The van der Waals surface area contributed by atoms with Crippen molar-refractivity contribution in [2.75, 3.05) is 16.3 Å². The van der Waals surface area contributed by atoms with Crippen LogP contribution in [0.15, 0.2) is 60.7 Å². The quantitative estimate of drug-likeness (QED) is 0.288. The van der Waals surface area contributed by atoms with Gasteiger partial charge in [-0.3, -0.25) is 24.1 Å². The summed E-state index contributed by atoms with van der Waals surface area (Å²) in [7, 11) is 0. The number of aryl methyl sites for hydroxylation is 1. The Labute approximate surface area is 208 Å². The maximum absolute atomic E-state index is 13.3. The lowest BCUT2D eigenvalue weighted by atomic mass is 9.63. The largest absolute Gasteiger partial charge is 0.426 e. The van der Waals surface area contributed by atoms with Gasteiger partial charge in [0.1, 0.15) is 5.75 Å². The van der Waals surface area contributed by atoms with E-state index in [0.29, 0.717) is 23.3 Å². The van der Waals surface area contributed by atoms with E-state index in [-0.39, 0.29) is 54.4 Å². The normalized spacial score (nSPS) is 33.7. The standard InChI is InChI=1S/C29H26N2O5/c1-15-2-4-17(5-3-15)30-14-16(12-24(30)32)29(35)36-19-8-6-18(7-9-19)31-27(33)25-20-10-11-21(23-13-22(20)23)26(25)28(31)34/h2-11,16,20-23,25-26H,12-14H2,1H3/t16-,20-,21-,22-,23+,25+,26-/m1/s1. The summed E-state index contributed by atoms with van der Waals surface area (Å²) < 4.78 is 5.56. The van der Waals surface area contributed by atoms with Crippen molar-refractivity contribution in [3.63, 3.8) is 0 Å². The second-order valence-corrected chi connectivity index (χ2v) is 10.8. The van der Waals surface area contributed by atoms with Crippen molar-refractivity contribution in [1.82, 2.24) is 0 Å². The smallest absolute Gasteiger partial charge is 0.316 e. The van der Waals surface area contributed by atoms with E-state index in [0.717, 1.165) is 17.7 Å². The summed E-state index contributed by atoms with van der Waals surface area (Å²) >= 11 is 0. The lowest BCUT2D eigenvalue weighted by Gasteiger charge is -2.37. The number of carbonyl (C=O) groups is 4. The molecule has 2 aliphatic heterocycles. The molecule has 0 N–H and O–H groups in total. The van der Waals surface area contributed by atoms with E-state index in [9.17, 15) is 19.2 Å². The predicted octanol–water partition coefficient (Wildman–Crippen LogP) is 3.51. The number of hydrogen-bond donors (Lipinski definition) is 0. The van der Waals surface area contributed by atoms with Crippen LogP contribution in [-0.2, 0) is 19.2 Å². The fourth-order valence-corrected chi connectivity index (χ4v) is 6.91. The molecular weight excluding hydrogens is 456 g/mol. The van der Waals surface area contributed by atoms with E-state index >= 15 is 0 Å². The van der Waals surface area contributed by atoms with Crippen molar-refractivity contribution in [3.05, 3.63) is 66.2 Å². The van der Waals surface area contributed by atoms with Crippen LogP contribution >= 0.6 is 0 Å². The monoisotopic (exact) mass is 482 g/mol. The molecule has 0 aromatic heterocycles. The molecule has 4 aliphatic carbocycles. The van der Waals surface area contributed by atoms with Gasteiger partial charge in [-0.1, -0.05) is 29.8 Å². The third-order valence-corrected chi connectivity index (χ3v) is 8.78. The van der Waals surface area contributed by atoms with E-state index in [1.807, 2.05) is 31.2 Å². The van der Waals surface area contributed by atoms with Crippen LogP contribution in [0.5, 0.6) is 5.75 Å². The maximum atomic E-state index is 13.3. The first-order valence-corrected chi connectivity index (χ1v) is 12.7. The number of allylic oxidation sites excluding steroid dienone is 2. The van der Waals surface area contributed by atoms with Crippen LogP contribution in [0.25, 0.3) is 0 Å². The molecule has 0 unspecified atom stereocenters. The zero-order valence-corrected chi connectivity index (χ0v) is 19.9. The Balaban J connectivity index is 1.03. The van der Waals surface area contributed by atoms with Gasteiger partial charge in [-0.15, -0.1) is 0 Å². The highest BCUT2D eigenvalue weighted by Crippen LogP contribution is 2.65. The summed E-state index contributed by atoms with van der Waals surface area (Å²) in [5.41, 5.74) is 2.38. The molecule has 182 valence electrons. The van der Waals surface area contributed by atoms with Crippen molar-refractivity contribution in [1.29, 1.82) is 0 Å². The molecule has 36 heavy (non-hydrogen) atoms. The first-order valence-electron chi connectivity index (χ1n) is 12.7. The van der Waals surface area contributed by atoms with Gasteiger partial charge in [0.05, 0.1) is 23.4 Å². The minimum atomic E-state index is -0.558. The topological polar surface area (TPSA) is 84.0 Å². The zero-order chi connectivity index (χ0) is 24.7. The molecule has 4 fully saturated rings. The molecule has 7 nitrogen and oxygen atoms in total. The second-order valence-electron chi connectivity index (χ2n) is 10.8. The molecule has 0 spiro atoms. The number of amides is 3. The Hall–Kier alpha value is -3.74. The van der Waals surface area contributed by atoms with Crippen molar-refractivity contribution >= 4 is 35.1 Å². The number of esters is 1. The van der Waals surface area contributed by atoms with E-state index < -0.39 is 11.9 Å². The van der Waals surface area contributed by atoms with Crippen molar-refractivity contribution in [2.24, 2.45) is 41.4 Å². The summed E-state index contributed by atoms with van der Waals surface area (Å²) in [6.45, 7) is 2.25. The van der Waals surface area contributed by atoms with E-state index in [1.54, 1.807) is 29.2 Å². The fraction of sp³-hybridized carbons (Fsp3) is 0.379. The first kappa shape index (κ1) is 21.5. The fourth-order valence-electron chi connectivity index (χ4n) is 6.91. The van der Waals surface area contributed by atoms with Gasteiger partial charge in [0.25, 0.3) is 0 Å². The number of imide groups is 1. The van der Waals surface area contributed by atoms with Crippen LogP contribution < -0.4 is 14.5 Å². The van der Waals surface area contributed by atoms with Gasteiger partial charge in [0.2, 0.25) is 17.7 Å². The molecule has 2 aromatic rings. The van der Waals surface area contributed by atoms with Crippen LogP contribution in [0.3, 0.4) is 0 Å². The summed E-state index contributed by atoms with van der Waals surface area (Å²) in [6, 6.07) is 14.1. The highest BCUT2D eigenvalue weighted by molar-refractivity contribution is 6.22. The lowest BCUT2D eigenvalue weighted by Crippen LogP contribution is -2.40. The van der Waals surface area contributed by atoms with Crippen molar-refractivity contribution < 1.29 is 23.9 Å². The van der Waals surface area contributed by atoms with E-state index in [2.05, 4.69) is 12.2 Å². The Morgan fingerprint density at radius 3 is 2.03 bits per heavy atom. The van der Waals surface area contributed by atoms with Gasteiger partial charge < -0.3 is 9.64 Å². The minimum Gasteiger partial charge on any atom is -0.426 e. The molecule has 2 saturated heterocycles. The average Bonchev–Trinajstić information content (AvgIpc) is 3.56. The second kappa shape index (κ2) is 7.63. The highest BCUT2D eigenvalue weighted by Gasteiger charge is 2.67. The number of anilines is 2. The molecule has 6 aliphatic rings. The van der Waals surface area contributed by atoms with Crippen molar-refractivity contribution in [2.45, 2.75) is 19.8 Å². The highest BCUT2D eigenvalue weighted by atomic mass is 16.5. The lowest BCUT2D eigenvalue weighted by molar-refractivity contribution is -0.139. The summed E-state index contributed by atoms with van der Waals surface area (Å²) in [5, 5.41) is 0. The Bertz CT molecular complexity index is 1290. The predicted molar refractivity (Wildman–Crippen MR) is 131 cm³/mol. The zero-order valence-electron chi connectivity index (χ0n) is 19.9. The number of nitrogens with zero attached hydrogens (tertiary/aromatic N) is 2. The molecule has 3 amide bonds. The van der Waals surface area contributed by atoms with Gasteiger partial charge in [-0.05, 0) is 73.4 Å². The van der Waals surface area contributed by atoms with Gasteiger partial charge in [-0.25, -0.2) is 0 Å². The molecule has 2 heterocycles. The number of benzene rings is 2. The summed E-state index contributed by atoms with van der Waals surface area (Å²) in [6.07, 6.45) is 5.55. The van der Waals surface area contributed by atoms with Crippen molar-refractivity contribution in [3.8, 4) is 5.75 Å². The van der Waals surface area contributed by atoms with E-state index in [4.69, 9.17) is 4.74 Å². The summed E-state index contributed by atoms with van der Waals surface area (Å²) in [5.74, 6) is -0.0387. The van der Waals surface area contributed by atoms with Crippen LogP contribution in [0.2, 0.25) is 0 Å². The van der Waals surface area contributed by atoms with Crippen LogP contribution in [-0.4, -0.2) is 30.2 Å². The third-order valence-electron chi connectivity index (χ3n) is 8.78. The third kappa shape index (κ3) is 3.11. The Morgan fingerprint density at radius 1 is 0.833 bits per heavy atom. The number of ether oxygens (including phenoxy) is 1. The minimum absolute atomic E-state index is 0.0999. The molecular formula is C29H26N2O5. The molecule has 2 aromatic carbocycles. The summed E-state index contributed by atoms with van der Waals surface area (Å²) in [4.78, 5) is 54.8. The Kier molecular flexibility index (Phi) is 4.56. The van der Waals surface area contributed by atoms with Crippen LogP contribution in [0.4, 0.5) is 11.4 Å². The van der Waals surface area contributed by atoms with Gasteiger partial charge in [-0.2, -0.15) is 0 Å². The SMILES string of the molecule is Cc1ccc(N2C[C@H](C(=O)Oc3ccc(N4C(=O)[C@@H]5[C@@H]6C=C[C@H]([C@H]7C[C@@H]67)[C@@H]5C4=O)cc3)CC2=O)cc1. The molecule has 0 radical (unpaired) electrons. The van der Waals surface area contributed by atoms with Crippen LogP contribution in [0, 0.1) is 48.3 Å². The first-order chi connectivity index (χ1) is 17.4. The Morgan fingerprint density at radius 2 is 1.42 bits per heavy atom. The average molecular weight is 483 g/mol. The number of rotatable bonds is 4. The molecule has 8 rings (SSSR count).